The topological polar surface area (TPSA) is 39.8 Å². The number of aromatic nitrogens is 3. The van der Waals surface area contributed by atoms with Crippen LogP contribution in [0.1, 0.15) is 46.5 Å². The molecular formula is C19H18F3N3O. The Hall–Kier alpha value is -2.57. The zero-order chi connectivity index (χ0) is 18.6. The lowest BCUT2D eigenvalue weighted by atomic mass is 10.1. The second kappa shape index (κ2) is 5.72. The van der Waals surface area contributed by atoms with E-state index < -0.39 is 12.0 Å². The summed E-state index contributed by atoms with van der Waals surface area (Å²) in [7, 11) is 0. The van der Waals surface area contributed by atoms with E-state index in [0.717, 1.165) is 28.8 Å². The number of alkyl halides is 3. The molecule has 0 saturated heterocycles. The van der Waals surface area contributed by atoms with Gasteiger partial charge in [0.2, 0.25) is 5.82 Å². The number of aryl methyl sites for hydroxylation is 1. The number of Topliss-reactive ketones (excluding diaryl/α,β-unsaturated/α-hetero) is 1. The van der Waals surface area contributed by atoms with Crippen LogP contribution in [0.25, 0.3) is 11.0 Å². The summed E-state index contributed by atoms with van der Waals surface area (Å²) in [4.78, 5) is 16.5. The minimum absolute atomic E-state index is 0.232. The molecule has 26 heavy (non-hydrogen) atoms. The third-order valence-electron chi connectivity index (χ3n) is 4.91. The molecule has 7 heteroatoms. The highest BCUT2D eigenvalue weighted by molar-refractivity contribution is 5.98. The predicted molar refractivity (Wildman–Crippen MR) is 91.2 cm³/mol. The van der Waals surface area contributed by atoms with Crippen LogP contribution < -0.4 is 0 Å². The molecule has 1 saturated carbocycles. The first-order valence-electron chi connectivity index (χ1n) is 8.51. The first-order chi connectivity index (χ1) is 12.3. The van der Waals surface area contributed by atoms with Crippen molar-refractivity contribution in [2.24, 2.45) is 0 Å². The van der Waals surface area contributed by atoms with Crippen molar-refractivity contribution in [2.45, 2.75) is 45.5 Å². The first kappa shape index (κ1) is 16.9. The van der Waals surface area contributed by atoms with E-state index in [9.17, 15) is 18.0 Å². The Bertz CT molecular complexity index is 1010. The van der Waals surface area contributed by atoms with Crippen LogP contribution in [-0.2, 0) is 12.7 Å². The van der Waals surface area contributed by atoms with Crippen molar-refractivity contribution in [3.05, 3.63) is 53.1 Å². The highest BCUT2D eigenvalue weighted by Crippen LogP contribution is 2.38. The fourth-order valence-electron chi connectivity index (χ4n) is 3.63. The number of fused-ring (bicyclic) bond motifs is 1. The molecule has 2 aromatic heterocycles. The number of nitrogens with zero attached hydrogens (tertiary/aromatic N) is 3. The van der Waals surface area contributed by atoms with Gasteiger partial charge < -0.3 is 9.13 Å². The Kier molecular flexibility index (Phi) is 3.71. The molecule has 3 aromatic rings. The number of halogens is 3. The average Bonchev–Trinajstić information content (AvgIpc) is 3.26. The standard InChI is InChI=1S/C19H18F3N3O/c1-11-9-14(12(2)25(11)13-7-8-13)17(26)10-24-16-6-4-3-5-15(16)23-18(24)19(20,21)22/h3-6,9,13H,7-8,10H2,1-2H3. The van der Waals surface area contributed by atoms with Crippen LogP contribution in [0.15, 0.2) is 30.3 Å². The molecule has 0 bridgehead atoms. The zero-order valence-corrected chi connectivity index (χ0v) is 14.5. The molecule has 1 fully saturated rings. The number of hydrogen-bond donors (Lipinski definition) is 0. The SMILES string of the molecule is Cc1cc(C(=O)Cn2c(C(F)(F)F)nc3ccccc32)c(C)n1C1CC1. The van der Waals surface area contributed by atoms with Crippen molar-refractivity contribution >= 4 is 16.8 Å². The van der Waals surface area contributed by atoms with Gasteiger partial charge in [0.05, 0.1) is 17.6 Å². The van der Waals surface area contributed by atoms with Gasteiger partial charge in [-0.15, -0.1) is 0 Å². The van der Waals surface area contributed by atoms with Gasteiger partial charge in [-0.3, -0.25) is 4.79 Å². The molecule has 0 spiro atoms. The van der Waals surface area contributed by atoms with Crippen molar-refractivity contribution < 1.29 is 18.0 Å². The lowest BCUT2D eigenvalue weighted by molar-refractivity contribution is -0.146. The molecule has 1 aliphatic carbocycles. The Morgan fingerprint density at radius 1 is 1.23 bits per heavy atom. The minimum atomic E-state index is -4.62. The number of benzene rings is 1. The molecule has 1 aromatic carbocycles. The van der Waals surface area contributed by atoms with Gasteiger partial charge in [0.25, 0.3) is 0 Å². The molecule has 0 atom stereocenters. The fraction of sp³-hybridized carbons (Fsp3) is 0.368. The van der Waals surface area contributed by atoms with Crippen LogP contribution in [0.2, 0.25) is 0 Å². The normalized spacial score (nSPS) is 15.0. The highest BCUT2D eigenvalue weighted by Gasteiger charge is 2.38. The Balaban J connectivity index is 1.76. The van der Waals surface area contributed by atoms with Crippen LogP contribution in [0.3, 0.4) is 0 Å². The number of rotatable bonds is 4. The van der Waals surface area contributed by atoms with Gasteiger partial charge >= 0.3 is 6.18 Å². The van der Waals surface area contributed by atoms with Crippen LogP contribution in [0.4, 0.5) is 13.2 Å². The van der Waals surface area contributed by atoms with Gasteiger partial charge in [0, 0.05) is 23.0 Å². The summed E-state index contributed by atoms with van der Waals surface area (Å²) in [5.41, 5.74) is 2.83. The van der Waals surface area contributed by atoms with E-state index in [1.807, 2.05) is 13.8 Å². The van der Waals surface area contributed by atoms with E-state index in [2.05, 4.69) is 9.55 Å². The number of para-hydroxylation sites is 2. The molecular weight excluding hydrogens is 343 g/mol. The maximum absolute atomic E-state index is 13.4. The average molecular weight is 361 g/mol. The number of carbonyl (C=O) groups excluding carboxylic acids is 1. The molecule has 4 nitrogen and oxygen atoms in total. The van der Waals surface area contributed by atoms with E-state index in [-0.39, 0.29) is 17.8 Å². The van der Waals surface area contributed by atoms with Crippen molar-refractivity contribution in [3.63, 3.8) is 0 Å². The fourth-order valence-corrected chi connectivity index (χ4v) is 3.63. The summed E-state index contributed by atoms with van der Waals surface area (Å²) in [6.07, 6.45) is -2.47. The van der Waals surface area contributed by atoms with Crippen molar-refractivity contribution in [3.8, 4) is 0 Å². The van der Waals surface area contributed by atoms with Gasteiger partial charge in [0.15, 0.2) is 5.78 Å². The first-order valence-corrected chi connectivity index (χ1v) is 8.51. The molecule has 4 rings (SSSR count). The molecule has 136 valence electrons. The maximum Gasteiger partial charge on any atom is 0.449 e. The monoisotopic (exact) mass is 361 g/mol. The largest absolute Gasteiger partial charge is 0.449 e. The van der Waals surface area contributed by atoms with Crippen LogP contribution in [-0.4, -0.2) is 19.9 Å². The van der Waals surface area contributed by atoms with Crippen molar-refractivity contribution in [1.82, 2.24) is 14.1 Å². The predicted octanol–water partition coefficient (Wildman–Crippen LogP) is 4.69. The van der Waals surface area contributed by atoms with Crippen LogP contribution >= 0.6 is 0 Å². The highest BCUT2D eigenvalue weighted by atomic mass is 19.4. The Morgan fingerprint density at radius 3 is 2.58 bits per heavy atom. The van der Waals surface area contributed by atoms with Crippen molar-refractivity contribution in [1.29, 1.82) is 0 Å². The molecule has 0 N–H and O–H groups in total. The third-order valence-corrected chi connectivity index (χ3v) is 4.91. The summed E-state index contributed by atoms with van der Waals surface area (Å²) in [5.74, 6) is -1.37. The van der Waals surface area contributed by atoms with Gasteiger partial charge in [-0.1, -0.05) is 12.1 Å². The molecule has 0 amide bonds. The van der Waals surface area contributed by atoms with E-state index in [4.69, 9.17) is 0 Å². The van der Waals surface area contributed by atoms with E-state index in [0.29, 0.717) is 17.1 Å². The lowest BCUT2D eigenvalue weighted by Gasteiger charge is -2.11. The number of ketones is 1. The minimum Gasteiger partial charge on any atom is -0.345 e. The van der Waals surface area contributed by atoms with E-state index >= 15 is 0 Å². The quantitative estimate of drug-likeness (QED) is 0.633. The molecule has 0 radical (unpaired) electrons. The molecule has 0 unspecified atom stereocenters. The summed E-state index contributed by atoms with van der Waals surface area (Å²) in [6.45, 7) is 3.40. The van der Waals surface area contributed by atoms with Crippen LogP contribution in [0, 0.1) is 13.8 Å². The zero-order valence-electron chi connectivity index (χ0n) is 14.5. The molecule has 2 heterocycles. The smallest absolute Gasteiger partial charge is 0.345 e. The van der Waals surface area contributed by atoms with E-state index in [1.54, 1.807) is 24.3 Å². The summed E-state index contributed by atoms with van der Waals surface area (Å²) in [6, 6.07) is 8.54. The third kappa shape index (κ3) is 2.71. The number of hydrogen-bond acceptors (Lipinski definition) is 2. The summed E-state index contributed by atoms with van der Waals surface area (Å²) in [5, 5.41) is 0. The van der Waals surface area contributed by atoms with Crippen molar-refractivity contribution in [2.75, 3.05) is 0 Å². The second-order valence-corrected chi connectivity index (χ2v) is 6.82. The lowest BCUT2D eigenvalue weighted by Crippen LogP contribution is -2.19. The van der Waals surface area contributed by atoms with E-state index in [1.165, 1.54) is 6.07 Å². The Morgan fingerprint density at radius 2 is 1.92 bits per heavy atom. The van der Waals surface area contributed by atoms with Gasteiger partial charge in [0.1, 0.15) is 0 Å². The molecule has 1 aliphatic rings. The molecule has 0 aliphatic heterocycles. The van der Waals surface area contributed by atoms with Gasteiger partial charge in [-0.05, 0) is 44.9 Å². The number of imidazole rings is 1. The van der Waals surface area contributed by atoms with Gasteiger partial charge in [-0.2, -0.15) is 13.2 Å². The number of carbonyl (C=O) groups is 1. The maximum atomic E-state index is 13.4. The van der Waals surface area contributed by atoms with Crippen LogP contribution in [0.5, 0.6) is 0 Å². The van der Waals surface area contributed by atoms with Gasteiger partial charge in [-0.25, -0.2) is 4.98 Å². The second-order valence-electron chi connectivity index (χ2n) is 6.82. The summed E-state index contributed by atoms with van der Waals surface area (Å²) >= 11 is 0. The Labute approximate surface area is 148 Å². The summed E-state index contributed by atoms with van der Waals surface area (Å²) < 4.78 is 43.3.